The number of hydrogen-bond donors (Lipinski definition) is 1. The molecular formula is C13H25NO3S. The van der Waals surface area contributed by atoms with E-state index in [1.54, 1.807) is 21.1 Å². The van der Waals surface area contributed by atoms with E-state index in [4.69, 9.17) is 4.74 Å². The zero-order chi connectivity index (χ0) is 13.6. The molecule has 1 saturated carbocycles. The number of methoxy groups -OCH3 is 1. The molecule has 1 fully saturated rings. The number of allylic oxidation sites excluding steroid dienone is 1. The Balaban J connectivity index is 2.79. The Labute approximate surface area is 111 Å². The minimum Gasteiger partial charge on any atom is -0.500 e. The molecule has 0 aromatic rings. The minimum absolute atomic E-state index is 0.0633. The molecule has 0 aromatic carbocycles. The van der Waals surface area contributed by atoms with E-state index in [1.165, 1.54) is 0 Å². The predicted molar refractivity (Wildman–Crippen MR) is 74.0 cm³/mol. The Hall–Kier alpha value is -0.710. The summed E-state index contributed by atoms with van der Waals surface area (Å²) in [6.07, 6.45) is 6.02. The van der Waals surface area contributed by atoms with E-state index in [-0.39, 0.29) is 11.0 Å². The molecular weight excluding hydrogens is 250 g/mol. The maximum atomic E-state index is 12.4. The maximum Gasteiger partial charge on any atom is 0.158 e. The van der Waals surface area contributed by atoms with Crippen molar-refractivity contribution < 1.29 is 13.2 Å². The zero-order valence-corrected chi connectivity index (χ0v) is 12.5. The molecule has 0 heterocycles. The summed E-state index contributed by atoms with van der Waals surface area (Å²) in [4.78, 5) is 0. The SMILES string of the molecule is CN/C(CS(=O)(=O)C1CCCCCC1)=C(/C)OC. The Kier molecular flexibility index (Phi) is 5.99. The van der Waals surface area contributed by atoms with Gasteiger partial charge in [-0.05, 0) is 19.8 Å². The van der Waals surface area contributed by atoms with Gasteiger partial charge in [0, 0.05) is 7.05 Å². The second-order valence-electron chi connectivity index (χ2n) is 4.91. The molecule has 1 aliphatic rings. The molecule has 4 nitrogen and oxygen atoms in total. The van der Waals surface area contributed by atoms with E-state index >= 15 is 0 Å². The molecule has 106 valence electrons. The van der Waals surface area contributed by atoms with Gasteiger partial charge in [-0.3, -0.25) is 0 Å². The normalized spacial score (nSPS) is 19.9. The lowest BCUT2D eigenvalue weighted by atomic mass is 10.2. The highest BCUT2D eigenvalue weighted by Gasteiger charge is 2.27. The smallest absolute Gasteiger partial charge is 0.158 e. The molecule has 0 aromatic heterocycles. The van der Waals surface area contributed by atoms with Crippen LogP contribution in [0.25, 0.3) is 0 Å². The molecule has 0 atom stereocenters. The first-order chi connectivity index (χ1) is 8.51. The first-order valence-electron chi connectivity index (χ1n) is 6.64. The molecule has 1 N–H and O–H groups in total. The zero-order valence-electron chi connectivity index (χ0n) is 11.7. The summed E-state index contributed by atoms with van der Waals surface area (Å²) in [5.41, 5.74) is 0.668. The van der Waals surface area contributed by atoms with Crippen molar-refractivity contribution in [3.8, 4) is 0 Å². The van der Waals surface area contributed by atoms with Crippen molar-refractivity contribution in [2.75, 3.05) is 19.9 Å². The van der Waals surface area contributed by atoms with Gasteiger partial charge in [-0.25, -0.2) is 8.42 Å². The summed E-state index contributed by atoms with van der Waals surface area (Å²) in [5, 5.41) is 2.77. The van der Waals surface area contributed by atoms with Crippen LogP contribution < -0.4 is 5.32 Å². The van der Waals surface area contributed by atoms with Gasteiger partial charge in [0.1, 0.15) is 5.76 Å². The van der Waals surface area contributed by atoms with Crippen molar-refractivity contribution in [1.29, 1.82) is 0 Å². The average molecular weight is 275 g/mol. The Morgan fingerprint density at radius 1 is 1.22 bits per heavy atom. The van der Waals surface area contributed by atoms with Crippen LogP contribution in [0.5, 0.6) is 0 Å². The van der Waals surface area contributed by atoms with Gasteiger partial charge in [0.2, 0.25) is 0 Å². The largest absolute Gasteiger partial charge is 0.500 e. The highest BCUT2D eigenvalue weighted by molar-refractivity contribution is 7.92. The highest BCUT2D eigenvalue weighted by Crippen LogP contribution is 2.24. The molecule has 1 rings (SSSR count). The van der Waals surface area contributed by atoms with Crippen molar-refractivity contribution in [3.63, 3.8) is 0 Å². The average Bonchev–Trinajstić information content (AvgIpc) is 2.64. The van der Waals surface area contributed by atoms with Gasteiger partial charge < -0.3 is 10.1 Å². The molecule has 0 radical (unpaired) electrons. The fraction of sp³-hybridized carbons (Fsp3) is 0.846. The highest BCUT2D eigenvalue weighted by atomic mass is 32.2. The summed E-state index contributed by atoms with van der Waals surface area (Å²) < 4.78 is 29.9. The molecule has 0 aliphatic heterocycles. The molecule has 0 spiro atoms. The lowest BCUT2D eigenvalue weighted by molar-refractivity contribution is 0.286. The van der Waals surface area contributed by atoms with E-state index in [2.05, 4.69) is 5.32 Å². The summed E-state index contributed by atoms with van der Waals surface area (Å²) in [6.45, 7) is 1.79. The van der Waals surface area contributed by atoms with Gasteiger partial charge in [-0.2, -0.15) is 0 Å². The van der Waals surface area contributed by atoms with Crippen molar-refractivity contribution in [2.45, 2.75) is 50.7 Å². The predicted octanol–water partition coefficient (Wildman–Crippen LogP) is 2.22. The van der Waals surface area contributed by atoms with E-state index in [0.29, 0.717) is 11.5 Å². The van der Waals surface area contributed by atoms with Crippen LogP contribution in [0.15, 0.2) is 11.5 Å². The summed E-state index contributed by atoms with van der Waals surface area (Å²) in [5.74, 6) is 0.711. The van der Waals surface area contributed by atoms with E-state index in [9.17, 15) is 8.42 Å². The molecule has 0 unspecified atom stereocenters. The third kappa shape index (κ3) is 4.19. The Bertz CT molecular complexity index is 379. The van der Waals surface area contributed by atoms with Crippen LogP contribution in [-0.4, -0.2) is 33.6 Å². The van der Waals surface area contributed by atoms with Crippen LogP contribution >= 0.6 is 0 Å². The van der Waals surface area contributed by atoms with Gasteiger partial charge in [0.05, 0.1) is 23.8 Å². The topological polar surface area (TPSA) is 55.4 Å². The molecule has 18 heavy (non-hydrogen) atoms. The van der Waals surface area contributed by atoms with Crippen molar-refractivity contribution in [2.24, 2.45) is 0 Å². The maximum absolute atomic E-state index is 12.4. The standard InChI is InChI=1S/C13H25NO3S/c1-11(17-3)13(14-2)10-18(15,16)12-8-6-4-5-7-9-12/h12,14H,4-10H2,1-3H3/b13-11-. The number of ether oxygens (including phenoxy) is 1. The lowest BCUT2D eigenvalue weighted by Crippen LogP contribution is -2.28. The monoisotopic (exact) mass is 275 g/mol. The van der Waals surface area contributed by atoms with Gasteiger partial charge in [-0.1, -0.05) is 25.7 Å². The Morgan fingerprint density at radius 2 is 1.78 bits per heavy atom. The van der Waals surface area contributed by atoms with Crippen LogP contribution in [0.4, 0.5) is 0 Å². The molecule has 5 heteroatoms. The van der Waals surface area contributed by atoms with E-state index in [1.807, 2.05) is 0 Å². The van der Waals surface area contributed by atoms with Crippen LogP contribution in [0.2, 0.25) is 0 Å². The van der Waals surface area contributed by atoms with E-state index < -0.39 is 9.84 Å². The van der Waals surface area contributed by atoms with Crippen LogP contribution in [-0.2, 0) is 14.6 Å². The fourth-order valence-corrected chi connectivity index (χ4v) is 4.43. The fourth-order valence-electron chi connectivity index (χ4n) is 2.39. The third-order valence-corrected chi connectivity index (χ3v) is 5.87. The second kappa shape index (κ2) is 7.02. The van der Waals surface area contributed by atoms with Gasteiger partial charge in [0.25, 0.3) is 0 Å². The molecule has 0 amide bonds. The van der Waals surface area contributed by atoms with Crippen LogP contribution in [0.3, 0.4) is 0 Å². The number of hydrogen-bond acceptors (Lipinski definition) is 4. The number of nitrogens with one attached hydrogen (secondary N) is 1. The van der Waals surface area contributed by atoms with Crippen LogP contribution in [0.1, 0.15) is 45.4 Å². The molecule has 1 aliphatic carbocycles. The number of sulfone groups is 1. The number of rotatable bonds is 5. The van der Waals surface area contributed by atoms with Gasteiger partial charge >= 0.3 is 0 Å². The van der Waals surface area contributed by atoms with Gasteiger partial charge in [-0.15, -0.1) is 0 Å². The molecule has 0 saturated heterocycles. The first kappa shape index (κ1) is 15.3. The molecule has 0 bridgehead atoms. The van der Waals surface area contributed by atoms with Gasteiger partial charge in [0.15, 0.2) is 9.84 Å². The van der Waals surface area contributed by atoms with Crippen molar-refractivity contribution >= 4 is 9.84 Å². The lowest BCUT2D eigenvalue weighted by Gasteiger charge is -2.17. The van der Waals surface area contributed by atoms with E-state index in [0.717, 1.165) is 38.5 Å². The Morgan fingerprint density at radius 3 is 2.22 bits per heavy atom. The second-order valence-corrected chi connectivity index (χ2v) is 7.19. The van der Waals surface area contributed by atoms with Crippen molar-refractivity contribution in [3.05, 3.63) is 11.5 Å². The van der Waals surface area contributed by atoms with Crippen molar-refractivity contribution in [1.82, 2.24) is 5.32 Å². The first-order valence-corrected chi connectivity index (χ1v) is 8.36. The van der Waals surface area contributed by atoms with Crippen LogP contribution in [0, 0.1) is 0 Å². The summed E-state index contributed by atoms with van der Waals surface area (Å²) in [6, 6.07) is 0. The quantitative estimate of drug-likeness (QED) is 0.617. The summed E-state index contributed by atoms with van der Waals surface area (Å²) in [7, 11) is 0.224. The third-order valence-electron chi connectivity index (χ3n) is 3.69. The minimum atomic E-state index is -3.07. The summed E-state index contributed by atoms with van der Waals surface area (Å²) >= 11 is 0.